The number of nitrogens with one attached hydrogen (secondary N) is 1. The normalized spacial score (nSPS) is 12.6. The lowest BCUT2D eigenvalue weighted by atomic mass is 10.0. The largest absolute Gasteiger partial charge is 0.506 e. The number of unbranched alkanes of at least 4 members (excludes halogenated alkanes) is 13. The van der Waals surface area contributed by atoms with Crippen LogP contribution in [-0.2, 0) is 0 Å². The van der Waals surface area contributed by atoms with Gasteiger partial charge in [0.2, 0.25) is 0 Å². The molecular weight excluding hydrogens is 503 g/mol. The quantitative estimate of drug-likeness (QED) is 0.137. The van der Waals surface area contributed by atoms with Gasteiger partial charge in [0.25, 0.3) is 11.5 Å². The number of fused-ring (bicyclic) bond motifs is 1. The Kier molecular flexibility index (Phi) is 14.0. The molecule has 0 radical (unpaired) electrons. The predicted molar refractivity (Wildman–Crippen MR) is 145 cm³/mol. The van der Waals surface area contributed by atoms with Crippen molar-refractivity contribution in [3.63, 3.8) is 0 Å². The molecule has 2 N–H and O–H groups in total. The van der Waals surface area contributed by atoms with Gasteiger partial charge in [0.05, 0.1) is 5.56 Å². The molecule has 0 aliphatic rings. The Morgan fingerprint density at radius 2 is 1.41 bits per heavy atom. The van der Waals surface area contributed by atoms with Crippen molar-refractivity contribution in [2.75, 3.05) is 6.54 Å². The van der Waals surface area contributed by atoms with Crippen molar-refractivity contribution in [3.05, 3.63) is 35.9 Å². The van der Waals surface area contributed by atoms with Gasteiger partial charge in [0.1, 0.15) is 11.5 Å². The summed E-state index contributed by atoms with van der Waals surface area (Å²) in [5, 5.41) is 13.5. The fraction of sp³-hybridized carbons (Fsp3) is 0.621. The minimum absolute atomic E-state index is 0.112. The Hall–Kier alpha value is -2.15. The Morgan fingerprint density at radius 1 is 0.919 bits per heavy atom. The van der Waals surface area contributed by atoms with Crippen molar-refractivity contribution in [2.24, 2.45) is 0 Å². The van der Waals surface area contributed by atoms with E-state index in [2.05, 4.69) is 17.0 Å². The third-order valence-electron chi connectivity index (χ3n) is 6.54. The first kappa shape index (κ1) is 31.1. The highest BCUT2D eigenvalue weighted by Gasteiger charge is 2.42. The van der Waals surface area contributed by atoms with Crippen LogP contribution in [0.1, 0.15) is 107 Å². The SMILES string of the molecule is CCCCCCCCCCCCCCCCNC(=O)c1cc(OC(F)(F)C(F)Cl)c2ccccc2c1O. The van der Waals surface area contributed by atoms with Crippen molar-refractivity contribution >= 4 is 28.3 Å². The highest BCUT2D eigenvalue weighted by molar-refractivity contribution is 6.20. The highest BCUT2D eigenvalue weighted by atomic mass is 35.5. The molecule has 0 saturated heterocycles. The fourth-order valence-corrected chi connectivity index (χ4v) is 4.44. The van der Waals surface area contributed by atoms with Crippen molar-refractivity contribution in [1.82, 2.24) is 5.32 Å². The van der Waals surface area contributed by atoms with E-state index >= 15 is 0 Å². The van der Waals surface area contributed by atoms with Crippen LogP contribution in [0.15, 0.2) is 30.3 Å². The number of hydrogen-bond acceptors (Lipinski definition) is 3. The number of hydrogen-bond donors (Lipinski definition) is 2. The summed E-state index contributed by atoms with van der Waals surface area (Å²) >= 11 is 4.91. The minimum atomic E-state index is -4.30. The number of aromatic hydroxyl groups is 1. The van der Waals surface area contributed by atoms with Gasteiger partial charge in [-0.3, -0.25) is 4.79 Å². The maximum absolute atomic E-state index is 13.8. The van der Waals surface area contributed by atoms with Crippen LogP contribution in [0.2, 0.25) is 0 Å². The van der Waals surface area contributed by atoms with Crippen LogP contribution in [0.4, 0.5) is 13.2 Å². The van der Waals surface area contributed by atoms with E-state index < -0.39 is 23.4 Å². The van der Waals surface area contributed by atoms with Gasteiger partial charge in [-0.1, -0.05) is 126 Å². The predicted octanol–water partition coefficient (Wildman–Crippen LogP) is 9.26. The standard InChI is InChI=1S/C29H41ClF3NO3/c1-2-3-4-5-6-7-8-9-10-11-12-13-14-17-20-34-27(36)24-21-25(37-29(32,33)28(30)31)22-18-15-16-19-23(22)26(24)35/h15-16,18-19,21,28,35H,2-14,17,20H2,1H3,(H,34,36). The number of rotatable bonds is 19. The van der Waals surface area contributed by atoms with Crippen molar-refractivity contribution < 1.29 is 27.8 Å². The molecule has 37 heavy (non-hydrogen) atoms. The topological polar surface area (TPSA) is 58.6 Å². The Balaban J connectivity index is 1.73. The smallest absolute Gasteiger partial charge is 0.444 e. The second kappa shape index (κ2) is 16.6. The molecule has 8 heteroatoms. The van der Waals surface area contributed by atoms with Crippen molar-refractivity contribution in [1.29, 1.82) is 0 Å². The molecule has 0 aromatic heterocycles. The summed E-state index contributed by atoms with van der Waals surface area (Å²) in [4.78, 5) is 12.7. The molecule has 0 fully saturated rings. The zero-order chi connectivity index (χ0) is 27.1. The molecular formula is C29H41ClF3NO3. The first-order valence-electron chi connectivity index (χ1n) is 13.7. The van der Waals surface area contributed by atoms with Gasteiger partial charge < -0.3 is 15.2 Å². The summed E-state index contributed by atoms with van der Waals surface area (Å²) in [5.74, 6) is -1.41. The molecule has 2 rings (SSSR count). The molecule has 0 aliphatic carbocycles. The zero-order valence-corrected chi connectivity index (χ0v) is 22.6. The second-order valence-corrected chi connectivity index (χ2v) is 10.0. The number of phenols is 1. The Labute approximate surface area is 223 Å². The summed E-state index contributed by atoms with van der Waals surface area (Å²) in [6, 6.07) is 7.02. The minimum Gasteiger partial charge on any atom is -0.506 e. The first-order valence-corrected chi connectivity index (χ1v) is 14.1. The number of benzene rings is 2. The highest BCUT2D eigenvalue weighted by Crippen LogP contribution is 2.39. The van der Waals surface area contributed by atoms with E-state index in [0.717, 1.165) is 25.3 Å². The second-order valence-electron chi connectivity index (χ2n) is 9.63. The van der Waals surface area contributed by atoms with Crippen LogP contribution in [-0.4, -0.2) is 29.3 Å². The van der Waals surface area contributed by atoms with E-state index in [9.17, 15) is 23.1 Å². The van der Waals surface area contributed by atoms with E-state index in [1.807, 2.05) is 0 Å². The van der Waals surface area contributed by atoms with Crippen LogP contribution in [0.3, 0.4) is 0 Å². The van der Waals surface area contributed by atoms with Crippen LogP contribution in [0, 0.1) is 0 Å². The Morgan fingerprint density at radius 3 is 1.92 bits per heavy atom. The summed E-state index contributed by atoms with van der Waals surface area (Å²) in [5.41, 5.74) is -3.29. The molecule has 0 heterocycles. The van der Waals surface area contributed by atoms with E-state index in [0.29, 0.717) is 6.54 Å². The molecule has 2 aromatic rings. The van der Waals surface area contributed by atoms with Gasteiger partial charge in [-0.25, -0.2) is 4.39 Å². The molecule has 0 aliphatic heterocycles. The lowest BCUT2D eigenvalue weighted by Crippen LogP contribution is -2.33. The molecule has 0 spiro atoms. The van der Waals surface area contributed by atoms with E-state index in [1.165, 1.54) is 82.8 Å². The van der Waals surface area contributed by atoms with Crippen LogP contribution in [0.5, 0.6) is 11.5 Å². The molecule has 0 saturated carbocycles. The summed E-state index contributed by atoms with van der Waals surface area (Å²) < 4.78 is 45.2. The molecule has 1 amide bonds. The lowest BCUT2D eigenvalue weighted by molar-refractivity contribution is -0.198. The molecule has 0 bridgehead atoms. The lowest BCUT2D eigenvalue weighted by Gasteiger charge is -2.20. The van der Waals surface area contributed by atoms with Crippen molar-refractivity contribution in [2.45, 2.75) is 109 Å². The molecule has 2 aromatic carbocycles. The van der Waals surface area contributed by atoms with Gasteiger partial charge in [-0.15, -0.1) is 0 Å². The number of ether oxygens (including phenoxy) is 1. The molecule has 1 unspecified atom stereocenters. The Bertz CT molecular complexity index is 955. The molecule has 4 nitrogen and oxygen atoms in total. The van der Waals surface area contributed by atoms with Crippen LogP contribution in [0.25, 0.3) is 10.8 Å². The first-order chi connectivity index (χ1) is 17.8. The zero-order valence-electron chi connectivity index (χ0n) is 21.8. The molecule has 1 atom stereocenters. The maximum Gasteiger partial charge on any atom is 0.444 e. The number of carbonyl (C=O) groups excluding carboxylic acids is 1. The average molecular weight is 544 g/mol. The average Bonchev–Trinajstić information content (AvgIpc) is 2.87. The van der Waals surface area contributed by atoms with Gasteiger partial charge >= 0.3 is 6.11 Å². The maximum atomic E-state index is 13.8. The summed E-state index contributed by atoms with van der Waals surface area (Å²) in [6.07, 6.45) is 12.9. The van der Waals surface area contributed by atoms with Gasteiger partial charge in [-0.05, 0) is 12.5 Å². The number of halogens is 4. The van der Waals surface area contributed by atoms with Gasteiger partial charge in [-0.2, -0.15) is 8.78 Å². The van der Waals surface area contributed by atoms with Gasteiger partial charge in [0, 0.05) is 17.3 Å². The van der Waals surface area contributed by atoms with Crippen LogP contribution >= 0.6 is 11.6 Å². The third kappa shape index (κ3) is 10.6. The third-order valence-corrected chi connectivity index (χ3v) is 6.79. The monoisotopic (exact) mass is 543 g/mol. The summed E-state index contributed by atoms with van der Waals surface area (Å²) in [7, 11) is 0. The number of alkyl halides is 4. The summed E-state index contributed by atoms with van der Waals surface area (Å²) in [6.45, 7) is 2.63. The number of amides is 1. The van der Waals surface area contributed by atoms with Crippen LogP contribution < -0.4 is 10.1 Å². The van der Waals surface area contributed by atoms with E-state index in [-0.39, 0.29) is 22.1 Å². The van der Waals surface area contributed by atoms with E-state index in [1.54, 1.807) is 12.1 Å². The fourth-order valence-electron chi connectivity index (χ4n) is 4.39. The van der Waals surface area contributed by atoms with Gasteiger partial charge in [0.15, 0.2) is 0 Å². The number of phenolic OH excluding ortho intramolecular Hbond substituents is 1. The van der Waals surface area contributed by atoms with Crippen molar-refractivity contribution in [3.8, 4) is 11.5 Å². The van der Waals surface area contributed by atoms with E-state index in [4.69, 9.17) is 11.6 Å². The number of carbonyl (C=O) groups is 1. The molecule has 208 valence electrons.